The van der Waals surface area contributed by atoms with Gasteiger partial charge in [-0.2, -0.15) is 0 Å². The van der Waals surface area contributed by atoms with Crippen molar-refractivity contribution < 1.29 is 0 Å². The van der Waals surface area contributed by atoms with E-state index < -0.39 is 0 Å². The molecule has 0 amide bonds. The highest BCUT2D eigenvalue weighted by molar-refractivity contribution is 5.35. The summed E-state index contributed by atoms with van der Waals surface area (Å²) in [5, 5.41) is 3.66. The molecule has 0 unspecified atom stereocenters. The highest BCUT2D eigenvalue weighted by atomic mass is 14.9. The van der Waals surface area contributed by atoms with Gasteiger partial charge in [-0.25, -0.2) is 0 Å². The Kier molecular flexibility index (Phi) is 5.04. The normalized spacial score (nSPS) is 14.7. The van der Waals surface area contributed by atoms with E-state index in [9.17, 15) is 0 Å². The third-order valence-electron chi connectivity index (χ3n) is 4.58. The molecule has 19 heavy (non-hydrogen) atoms. The lowest BCUT2D eigenvalue weighted by molar-refractivity contribution is 0.275. The van der Waals surface area contributed by atoms with Gasteiger partial charge in [-0.3, -0.25) is 0 Å². The van der Waals surface area contributed by atoms with Crippen LogP contribution in [0.3, 0.4) is 0 Å². The van der Waals surface area contributed by atoms with Crippen molar-refractivity contribution in [2.24, 2.45) is 17.8 Å². The second-order valence-corrected chi connectivity index (χ2v) is 6.74. The molecule has 106 valence electrons. The minimum absolute atomic E-state index is 0.757. The standard InChI is InChI=1S/C18H29N/c1-13(2)18(14(3)4)12-19-11-15-8-9-16-6-5-7-17(16)10-15/h8-10,13-14,18-19H,5-7,11-12H2,1-4H3. The smallest absolute Gasteiger partial charge is 0.0205 e. The first kappa shape index (κ1) is 14.6. The lowest BCUT2D eigenvalue weighted by atomic mass is 9.85. The van der Waals surface area contributed by atoms with Crippen molar-refractivity contribution in [3.63, 3.8) is 0 Å². The average Bonchev–Trinajstić information content (AvgIpc) is 2.80. The van der Waals surface area contributed by atoms with E-state index in [4.69, 9.17) is 0 Å². The Bertz CT molecular complexity index is 398. The van der Waals surface area contributed by atoms with Gasteiger partial charge in [-0.15, -0.1) is 0 Å². The zero-order chi connectivity index (χ0) is 13.8. The van der Waals surface area contributed by atoms with E-state index in [1.54, 1.807) is 11.1 Å². The van der Waals surface area contributed by atoms with Crippen LogP contribution in [0.4, 0.5) is 0 Å². The minimum atomic E-state index is 0.757. The zero-order valence-corrected chi connectivity index (χ0v) is 13.0. The average molecular weight is 259 g/mol. The largest absolute Gasteiger partial charge is 0.312 e. The number of aryl methyl sites for hydroxylation is 2. The second kappa shape index (κ2) is 6.56. The second-order valence-electron chi connectivity index (χ2n) is 6.74. The number of rotatable bonds is 6. The van der Waals surface area contributed by atoms with E-state index in [0.717, 1.165) is 30.8 Å². The Labute approximate surface area is 118 Å². The third-order valence-corrected chi connectivity index (χ3v) is 4.58. The molecule has 1 N–H and O–H groups in total. The summed E-state index contributed by atoms with van der Waals surface area (Å²) in [5.41, 5.74) is 4.61. The van der Waals surface area contributed by atoms with Crippen molar-refractivity contribution in [3.05, 3.63) is 34.9 Å². The first-order chi connectivity index (χ1) is 9.08. The Morgan fingerprint density at radius 3 is 2.37 bits per heavy atom. The number of hydrogen-bond acceptors (Lipinski definition) is 1. The lowest BCUT2D eigenvalue weighted by Crippen LogP contribution is -2.29. The molecule has 0 saturated carbocycles. The van der Waals surface area contributed by atoms with Crippen molar-refractivity contribution >= 4 is 0 Å². The van der Waals surface area contributed by atoms with E-state index in [-0.39, 0.29) is 0 Å². The third kappa shape index (κ3) is 3.82. The van der Waals surface area contributed by atoms with Crippen molar-refractivity contribution in [1.82, 2.24) is 5.32 Å². The van der Waals surface area contributed by atoms with Crippen molar-refractivity contribution in [1.29, 1.82) is 0 Å². The summed E-state index contributed by atoms with van der Waals surface area (Å²) < 4.78 is 0. The van der Waals surface area contributed by atoms with E-state index in [1.807, 2.05) is 0 Å². The van der Waals surface area contributed by atoms with Gasteiger partial charge < -0.3 is 5.32 Å². The molecule has 1 aliphatic carbocycles. The number of benzene rings is 1. The Hall–Kier alpha value is -0.820. The molecule has 1 aliphatic rings. The molecule has 1 aromatic rings. The highest BCUT2D eigenvalue weighted by Crippen LogP contribution is 2.23. The van der Waals surface area contributed by atoms with E-state index in [0.29, 0.717) is 0 Å². The fraction of sp³-hybridized carbons (Fsp3) is 0.667. The molecule has 0 heterocycles. The molecule has 0 aromatic heterocycles. The molecule has 0 spiro atoms. The maximum atomic E-state index is 3.66. The Balaban J connectivity index is 1.85. The van der Waals surface area contributed by atoms with Crippen LogP contribution in [0.25, 0.3) is 0 Å². The molecular weight excluding hydrogens is 230 g/mol. The monoisotopic (exact) mass is 259 g/mol. The van der Waals surface area contributed by atoms with Crippen LogP contribution >= 0.6 is 0 Å². The summed E-state index contributed by atoms with van der Waals surface area (Å²) >= 11 is 0. The van der Waals surface area contributed by atoms with Gasteiger partial charge in [-0.05, 0) is 60.3 Å². The predicted octanol–water partition coefficient (Wildman–Crippen LogP) is 4.19. The summed E-state index contributed by atoms with van der Waals surface area (Å²) in [6.45, 7) is 11.5. The first-order valence-electron chi connectivity index (χ1n) is 7.89. The Morgan fingerprint density at radius 2 is 1.68 bits per heavy atom. The highest BCUT2D eigenvalue weighted by Gasteiger charge is 2.17. The van der Waals surface area contributed by atoms with Gasteiger partial charge in [0.05, 0.1) is 0 Å². The molecular formula is C18H29N. The van der Waals surface area contributed by atoms with Gasteiger partial charge in [0.2, 0.25) is 0 Å². The summed E-state index contributed by atoms with van der Waals surface area (Å²) in [4.78, 5) is 0. The van der Waals surface area contributed by atoms with Crippen LogP contribution in [0.2, 0.25) is 0 Å². The minimum Gasteiger partial charge on any atom is -0.312 e. The van der Waals surface area contributed by atoms with Gasteiger partial charge in [0, 0.05) is 6.54 Å². The first-order valence-corrected chi connectivity index (χ1v) is 7.89. The van der Waals surface area contributed by atoms with Crippen LogP contribution < -0.4 is 5.32 Å². The van der Waals surface area contributed by atoms with Gasteiger partial charge in [0.1, 0.15) is 0 Å². The molecule has 2 rings (SSSR count). The maximum Gasteiger partial charge on any atom is 0.0205 e. The quantitative estimate of drug-likeness (QED) is 0.807. The van der Waals surface area contributed by atoms with E-state index >= 15 is 0 Å². The molecule has 1 aromatic carbocycles. The van der Waals surface area contributed by atoms with Crippen LogP contribution in [0.1, 0.15) is 50.8 Å². The summed E-state index contributed by atoms with van der Waals surface area (Å²) in [7, 11) is 0. The Morgan fingerprint density at radius 1 is 1.00 bits per heavy atom. The van der Waals surface area contributed by atoms with E-state index in [2.05, 4.69) is 51.2 Å². The van der Waals surface area contributed by atoms with Crippen molar-refractivity contribution in [2.45, 2.75) is 53.5 Å². The van der Waals surface area contributed by atoms with Gasteiger partial charge in [0.15, 0.2) is 0 Å². The molecule has 0 fully saturated rings. The zero-order valence-electron chi connectivity index (χ0n) is 13.0. The summed E-state index contributed by atoms with van der Waals surface area (Å²) in [6, 6.07) is 7.05. The van der Waals surface area contributed by atoms with E-state index in [1.165, 1.54) is 24.8 Å². The molecule has 0 bridgehead atoms. The van der Waals surface area contributed by atoms with Crippen LogP contribution in [0.15, 0.2) is 18.2 Å². The molecule has 0 aliphatic heterocycles. The number of nitrogens with one attached hydrogen (secondary N) is 1. The summed E-state index contributed by atoms with van der Waals surface area (Å²) in [5.74, 6) is 2.29. The van der Waals surface area contributed by atoms with Gasteiger partial charge in [-0.1, -0.05) is 45.9 Å². The lowest BCUT2D eigenvalue weighted by Gasteiger charge is -2.25. The maximum absolute atomic E-state index is 3.66. The van der Waals surface area contributed by atoms with Crippen molar-refractivity contribution in [3.8, 4) is 0 Å². The molecule has 1 nitrogen and oxygen atoms in total. The van der Waals surface area contributed by atoms with Crippen LogP contribution in [0.5, 0.6) is 0 Å². The van der Waals surface area contributed by atoms with Gasteiger partial charge in [0.25, 0.3) is 0 Å². The molecule has 0 atom stereocenters. The van der Waals surface area contributed by atoms with Crippen LogP contribution in [-0.2, 0) is 19.4 Å². The number of fused-ring (bicyclic) bond motifs is 1. The number of hydrogen-bond donors (Lipinski definition) is 1. The topological polar surface area (TPSA) is 12.0 Å². The molecule has 1 heteroatoms. The predicted molar refractivity (Wildman–Crippen MR) is 83.3 cm³/mol. The summed E-state index contributed by atoms with van der Waals surface area (Å²) in [6.07, 6.45) is 3.91. The van der Waals surface area contributed by atoms with Gasteiger partial charge >= 0.3 is 0 Å². The fourth-order valence-corrected chi connectivity index (χ4v) is 3.36. The molecule has 0 radical (unpaired) electrons. The van der Waals surface area contributed by atoms with Crippen LogP contribution in [-0.4, -0.2) is 6.54 Å². The molecule has 0 saturated heterocycles. The SMILES string of the molecule is CC(C)C(CNCc1ccc2c(c1)CCC2)C(C)C. The fourth-order valence-electron chi connectivity index (χ4n) is 3.36. The van der Waals surface area contributed by atoms with Crippen molar-refractivity contribution in [2.75, 3.05) is 6.54 Å². The van der Waals surface area contributed by atoms with Crippen LogP contribution in [0, 0.1) is 17.8 Å².